The Labute approximate surface area is 155 Å². The number of carboxylic acid groups (broad SMARTS) is 1. The van der Waals surface area contributed by atoms with Crippen molar-refractivity contribution >= 4 is 40.9 Å². The number of nitrogens with zero attached hydrogens (tertiary/aromatic N) is 2. The van der Waals surface area contributed by atoms with E-state index < -0.39 is 11.2 Å². The van der Waals surface area contributed by atoms with Crippen molar-refractivity contribution in [2.75, 3.05) is 23.9 Å². The summed E-state index contributed by atoms with van der Waals surface area (Å²) < 4.78 is 0. The van der Waals surface area contributed by atoms with Crippen LogP contribution in [0.2, 0.25) is 0 Å². The molecule has 0 spiro atoms. The Morgan fingerprint density at radius 3 is 2.38 bits per heavy atom. The van der Waals surface area contributed by atoms with Crippen molar-refractivity contribution < 1.29 is 19.5 Å². The third-order valence-electron chi connectivity index (χ3n) is 4.12. The van der Waals surface area contributed by atoms with Gasteiger partial charge in [0.2, 0.25) is 11.8 Å². The summed E-state index contributed by atoms with van der Waals surface area (Å²) in [5, 5.41) is 8.65. The molecule has 1 aliphatic rings. The fraction of sp³-hybridized carbons (Fsp3) is 0.211. The number of thioether (sulfide) groups is 1. The predicted octanol–water partition coefficient (Wildman–Crippen LogP) is 2.88. The monoisotopic (exact) mass is 370 g/mol. The highest BCUT2D eigenvalue weighted by Gasteiger charge is 2.40. The van der Waals surface area contributed by atoms with E-state index in [2.05, 4.69) is 0 Å². The molecule has 3 rings (SSSR count). The van der Waals surface area contributed by atoms with Crippen LogP contribution in [0.15, 0.2) is 53.4 Å². The number of imide groups is 1. The summed E-state index contributed by atoms with van der Waals surface area (Å²) in [7, 11) is 3.82. The highest BCUT2D eigenvalue weighted by atomic mass is 32.2. The minimum atomic E-state index is -1.05. The molecule has 2 aromatic rings. The molecule has 134 valence electrons. The zero-order chi connectivity index (χ0) is 18.8. The van der Waals surface area contributed by atoms with E-state index in [0.29, 0.717) is 10.6 Å². The molecule has 1 fully saturated rings. The minimum absolute atomic E-state index is 0.0485. The number of rotatable bonds is 5. The fourth-order valence-corrected chi connectivity index (χ4v) is 3.94. The van der Waals surface area contributed by atoms with Crippen LogP contribution in [0, 0.1) is 0 Å². The van der Waals surface area contributed by atoms with Gasteiger partial charge in [-0.05, 0) is 36.4 Å². The number of hydrogen-bond acceptors (Lipinski definition) is 5. The van der Waals surface area contributed by atoms with E-state index in [4.69, 9.17) is 0 Å². The largest absolute Gasteiger partial charge is 0.478 e. The number of carbonyl (C=O) groups excluding carboxylic acids is 2. The first-order chi connectivity index (χ1) is 12.4. The Hall–Kier alpha value is -2.80. The number of carboxylic acids is 1. The second kappa shape index (κ2) is 7.21. The second-order valence-electron chi connectivity index (χ2n) is 6.09. The van der Waals surface area contributed by atoms with Gasteiger partial charge in [0.15, 0.2) is 0 Å². The van der Waals surface area contributed by atoms with Crippen LogP contribution in [0.5, 0.6) is 0 Å². The molecular weight excluding hydrogens is 352 g/mol. The van der Waals surface area contributed by atoms with Gasteiger partial charge in [-0.2, -0.15) is 0 Å². The van der Waals surface area contributed by atoms with E-state index in [9.17, 15) is 19.5 Å². The van der Waals surface area contributed by atoms with Crippen molar-refractivity contribution in [2.24, 2.45) is 0 Å². The number of aromatic carboxylic acids is 1. The summed E-state index contributed by atoms with van der Waals surface area (Å²) >= 11 is 1.12. The molecule has 1 heterocycles. The molecule has 0 unspecified atom stereocenters. The zero-order valence-corrected chi connectivity index (χ0v) is 15.2. The molecule has 1 aliphatic heterocycles. The molecule has 7 heteroatoms. The fourth-order valence-electron chi connectivity index (χ4n) is 2.77. The lowest BCUT2D eigenvalue weighted by Crippen LogP contribution is -2.31. The molecule has 1 N–H and O–H groups in total. The molecule has 1 saturated heterocycles. The molecule has 6 nitrogen and oxygen atoms in total. The maximum atomic E-state index is 12.7. The molecule has 0 aromatic heterocycles. The summed E-state index contributed by atoms with van der Waals surface area (Å²) in [4.78, 5) is 40.1. The van der Waals surface area contributed by atoms with Crippen molar-refractivity contribution in [3.05, 3.63) is 54.1 Å². The Balaban J connectivity index is 1.82. The average molecular weight is 370 g/mol. The van der Waals surface area contributed by atoms with E-state index in [0.717, 1.165) is 17.4 Å². The van der Waals surface area contributed by atoms with Gasteiger partial charge in [0, 0.05) is 31.1 Å². The summed E-state index contributed by atoms with van der Waals surface area (Å²) in [6, 6.07) is 13.7. The van der Waals surface area contributed by atoms with Crippen LogP contribution in [0.3, 0.4) is 0 Å². The Morgan fingerprint density at radius 1 is 1.12 bits per heavy atom. The van der Waals surface area contributed by atoms with Crippen LogP contribution in [0.4, 0.5) is 11.4 Å². The first kappa shape index (κ1) is 18.0. The number of hydrogen-bond donors (Lipinski definition) is 1. The summed E-state index contributed by atoms with van der Waals surface area (Å²) in [6.45, 7) is 0. The lowest BCUT2D eigenvalue weighted by molar-refractivity contribution is -0.121. The summed E-state index contributed by atoms with van der Waals surface area (Å²) in [5.41, 5.74) is 1.63. The third-order valence-corrected chi connectivity index (χ3v) is 5.38. The van der Waals surface area contributed by atoms with Crippen LogP contribution >= 0.6 is 11.8 Å². The van der Waals surface area contributed by atoms with E-state index in [1.165, 1.54) is 11.0 Å². The van der Waals surface area contributed by atoms with Gasteiger partial charge < -0.3 is 10.0 Å². The van der Waals surface area contributed by atoms with Crippen LogP contribution in [-0.2, 0) is 9.59 Å². The Kier molecular flexibility index (Phi) is 4.99. The van der Waals surface area contributed by atoms with E-state index in [1.807, 2.05) is 31.1 Å². The average Bonchev–Trinajstić information content (AvgIpc) is 2.89. The van der Waals surface area contributed by atoms with Gasteiger partial charge in [-0.3, -0.25) is 9.59 Å². The van der Waals surface area contributed by atoms with Crippen LogP contribution in [0.1, 0.15) is 16.8 Å². The van der Waals surface area contributed by atoms with Gasteiger partial charge in [-0.15, -0.1) is 11.8 Å². The second-order valence-corrected chi connectivity index (χ2v) is 7.33. The first-order valence-corrected chi connectivity index (χ1v) is 8.89. The molecule has 0 aliphatic carbocycles. The molecule has 0 radical (unpaired) electrons. The highest BCUT2D eigenvalue weighted by Crippen LogP contribution is 2.35. The normalized spacial score (nSPS) is 16.8. The topological polar surface area (TPSA) is 77.9 Å². The molecular formula is C19H18N2O4S. The molecule has 0 bridgehead atoms. The van der Waals surface area contributed by atoms with Crippen LogP contribution in [0.25, 0.3) is 0 Å². The number of anilines is 2. The van der Waals surface area contributed by atoms with Crippen LogP contribution in [-0.4, -0.2) is 42.2 Å². The van der Waals surface area contributed by atoms with Gasteiger partial charge in [0.1, 0.15) is 0 Å². The van der Waals surface area contributed by atoms with Gasteiger partial charge in [-0.25, -0.2) is 9.69 Å². The maximum absolute atomic E-state index is 12.7. The predicted molar refractivity (Wildman–Crippen MR) is 101 cm³/mol. The zero-order valence-electron chi connectivity index (χ0n) is 14.4. The maximum Gasteiger partial charge on any atom is 0.336 e. The number of carbonyl (C=O) groups is 3. The van der Waals surface area contributed by atoms with Crippen molar-refractivity contribution in [1.82, 2.24) is 0 Å². The van der Waals surface area contributed by atoms with E-state index >= 15 is 0 Å². The number of benzene rings is 2. The quantitative estimate of drug-likeness (QED) is 0.816. The third kappa shape index (κ3) is 3.43. The molecule has 26 heavy (non-hydrogen) atoms. The standard InChI is InChI=1S/C19H18N2O4S/c1-20(2)12-7-9-13(10-8-12)21-17(22)11-16(18(21)23)26-15-6-4-3-5-14(15)19(24)25/h3-10,16H,11H2,1-2H3,(H,24,25)/t16-/m0/s1. The van der Waals surface area contributed by atoms with Gasteiger partial charge in [0.05, 0.1) is 16.5 Å². The minimum Gasteiger partial charge on any atom is -0.478 e. The van der Waals surface area contributed by atoms with E-state index in [-0.39, 0.29) is 23.8 Å². The van der Waals surface area contributed by atoms with Crippen molar-refractivity contribution in [1.29, 1.82) is 0 Å². The van der Waals surface area contributed by atoms with Crippen molar-refractivity contribution in [3.63, 3.8) is 0 Å². The SMILES string of the molecule is CN(C)c1ccc(N2C(=O)C[C@H](Sc3ccccc3C(=O)O)C2=O)cc1. The highest BCUT2D eigenvalue weighted by molar-refractivity contribution is 8.00. The summed E-state index contributed by atoms with van der Waals surface area (Å²) in [5.74, 6) is -1.66. The Morgan fingerprint density at radius 2 is 1.77 bits per heavy atom. The van der Waals surface area contributed by atoms with Crippen LogP contribution < -0.4 is 9.80 Å². The van der Waals surface area contributed by atoms with Gasteiger partial charge in [0.25, 0.3) is 0 Å². The van der Waals surface area contributed by atoms with E-state index in [1.54, 1.807) is 30.3 Å². The van der Waals surface area contributed by atoms with Gasteiger partial charge in [-0.1, -0.05) is 12.1 Å². The summed E-state index contributed by atoms with van der Waals surface area (Å²) in [6.07, 6.45) is 0.0485. The molecule has 1 atom stereocenters. The molecule has 2 amide bonds. The lowest BCUT2D eigenvalue weighted by atomic mass is 10.2. The number of amides is 2. The lowest BCUT2D eigenvalue weighted by Gasteiger charge is -2.17. The van der Waals surface area contributed by atoms with Crippen molar-refractivity contribution in [3.8, 4) is 0 Å². The van der Waals surface area contributed by atoms with Crippen molar-refractivity contribution in [2.45, 2.75) is 16.6 Å². The molecule has 2 aromatic carbocycles. The first-order valence-electron chi connectivity index (χ1n) is 8.01. The molecule has 0 saturated carbocycles. The smallest absolute Gasteiger partial charge is 0.336 e. The Bertz CT molecular complexity index is 864. The van der Waals surface area contributed by atoms with Gasteiger partial charge >= 0.3 is 5.97 Å².